The molecule has 0 aromatic carbocycles. The van der Waals surface area contributed by atoms with Crippen LogP contribution in [-0.4, -0.2) is 67.7 Å². The third kappa shape index (κ3) is 17.7. The number of carbonyl (C=O) groups is 3. The van der Waals surface area contributed by atoms with Gasteiger partial charge in [-0.3, -0.25) is 18.9 Å². The van der Waals surface area contributed by atoms with E-state index in [-0.39, 0.29) is 13.0 Å². The first kappa shape index (κ1) is 37.3. The summed E-state index contributed by atoms with van der Waals surface area (Å²) in [4.78, 5) is 36.2. The van der Waals surface area contributed by atoms with Crippen molar-refractivity contribution in [2.24, 2.45) is 5.41 Å². The Balaban J connectivity index is 2.11. The molecule has 11 heteroatoms. The molecule has 0 saturated carbocycles. The molecule has 10 nitrogen and oxygen atoms in total. The summed E-state index contributed by atoms with van der Waals surface area (Å²) in [6.45, 7) is 0.245. The van der Waals surface area contributed by atoms with Gasteiger partial charge in [0.25, 0.3) is 10.1 Å². The van der Waals surface area contributed by atoms with E-state index in [1.807, 2.05) is 0 Å². The average Bonchev–Trinajstić information content (AvgIpc) is 3.00. The molecule has 240 valence electrons. The summed E-state index contributed by atoms with van der Waals surface area (Å²) in [6.07, 6.45) is 21.8. The molecule has 2 atom stereocenters. The molecule has 2 N–H and O–H groups in total. The molecule has 0 aromatic rings. The maximum absolute atomic E-state index is 12.2. The normalized spacial score (nSPS) is 20.0. The molecule has 0 spiro atoms. The molecule has 0 aliphatic carbocycles. The van der Waals surface area contributed by atoms with Crippen molar-refractivity contribution >= 4 is 28.0 Å². The van der Waals surface area contributed by atoms with Crippen LogP contribution in [0.3, 0.4) is 0 Å². The van der Waals surface area contributed by atoms with Gasteiger partial charge in [-0.05, 0) is 6.42 Å². The lowest BCUT2D eigenvalue weighted by atomic mass is 9.92. The van der Waals surface area contributed by atoms with Crippen molar-refractivity contribution in [3.63, 3.8) is 0 Å². The second-order valence-corrected chi connectivity index (χ2v) is 13.2. The fraction of sp³-hybridized carbons (Fsp3) is 0.900. The minimum Gasteiger partial charge on any atom is -0.465 e. The van der Waals surface area contributed by atoms with Crippen molar-refractivity contribution in [1.82, 2.24) is 0 Å². The number of aliphatic hydroxyl groups excluding tert-OH is 1. The van der Waals surface area contributed by atoms with Crippen LogP contribution in [0, 0.1) is 5.41 Å². The van der Waals surface area contributed by atoms with Crippen LogP contribution in [0.25, 0.3) is 0 Å². The summed E-state index contributed by atoms with van der Waals surface area (Å²) in [5, 5.41) is 7.74. The van der Waals surface area contributed by atoms with E-state index in [2.05, 4.69) is 6.92 Å². The van der Waals surface area contributed by atoms with Gasteiger partial charge in [-0.1, -0.05) is 116 Å². The summed E-state index contributed by atoms with van der Waals surface area (Å²) in [6, 6.07) is 0. The Kier molecular flexibility index (Phi) is 19.9. The van der Waals surface area contributed by atoms with Gasteiger partial charge in [0.1, 0.15) is 19.8 Å². The molecule has 0 radical (unpaired) electrons. The SMILES string of the molecule is CCCCCCCCCCCCCCCCCCCCC(=O)OCC1(CO)COC(=O)CC(S(=O)(=O)O)C(=O)OC1. The summed E-state index contributed by atoms with van der Waals surface area (Å²) < 4.78 is 47.2. The number of ether oxygens (including phenoxy) is 3. The van der Waals surface area contributed by atoms with Crippen LogP contribution in [0.4, 0.5) is 0 Å². The summed E-state index contributed by atoms with van der Waals surface area (Å²) >= 11 is 0. The van der Waals surface area contributed by atoms with Crippen molar-refractivity contribution in [2.75, 3.05) is 26.4 Å². The van der Waals surface area contributed by atoms with E-state index >= 15 is 0 Å². The Labute approximate surface area is 247 Å². The molecule has 1 aliphatic rings. The number of rotatable bonds is 23. The molecule has 2 unspecified atom stereocenters. The minimum absolute atomic E-state index is 0.199. The molecule has 1 aliphatic heterocycles. The van der Waals surface area contributed by atoms with E-state index < -0.39 is 64.9 Å². The molecule has 1 rings (SSSR count). The third-order valence-electron chi connectivity index (χ3n) is 7.64. The minimum atomic E-state index is -4.89. The molecule has 0 amide bonds. The first-order valence-electron chi connectivity index (χ1n) is 15.7. The fourth-order valence-electron chi connectivity index (χ4n) is 4.81. The van der Waals surface area contributed by atoms with E-state index in [1.54, 1.807) is 0 Å². The second kappa shape index (κ2) is 21.9. The molecule has 41 heavy (non-hydrogen) atoms. The number of aliphatic hydroxyl groups is 1. The highest BCUT2D eigenvalue weighted by atomic mass is 32.2. The smallest absolute Gasteiger partial charge is 0.327 e. The fourth-order valence-corrected chi connectivity index (χ4v) is 5.47. The monoisotopic (exact) mass is 606 g/mol. The third-order valence-corrected chi connectivity index (χ3v) is 8.72. The standard InChI is InChI=1S/C30H54O10S/c1-2-3-4-5-6-7-8-9-10-11-12-13-14-15-16-17-18-19-20-27(32)38-23-30(22-31)24-39-28(33)21-26(41(35,36)37)29(34)40-25-30/h26,31H,2-25H2,1H3,(H,35,36,37). The summed E-state index contributed by atoms with van der Waals surface area (Å²) in [5.41, 5.74) is -1.43. The Morgan fingerprint density at radius 1 is 0.805 bits per heavy atom. The van der Waals surface area contributed by atoms with Crippen LogP contribution in [0.5, 0.6) is 0 Å². The van der Waals surface area contributed by atoms with Gasteiger partial charge in [0, 0.05) is 6.42 Å². The van der Waals surface area contributed by atoms with E-state index in [0.717, 1.165) is 19.3 Å². The predicted molar refractivity (Wildman–Crippen MR) is 156 cm³/mol. The van der Waals surface area contributed by atoms with Crippen LogP contribution in [0.1, 0.15) is 135 Å². The van der Waals surface area contributed by atoms with Crippen LogP contribution in [0.2, 0.25) is 0 Å². The van der Waals surface area contributed by atoms with E-state index in [1.165, 1.54) is 89.9 Å². The zero-order valence-electron chi connectivity index (χ0n) is 25.1. The zero-order valence-corrected chi connectivity index (χ0v) is 25.9. The number of hydrogen-bond acceptors (Lipinski definition) is 9. The predicted octanol–water partition coefficient (Wildman–Crippen LogP) is 5.69. The van der Waals surface area contributed by atoms with E-state index in [4.69, 9.17) is 14.2 Å². The Morgan fingerprint density at radius 2 is 1.24 bits per heavy atom. The van der Waals surface area contributed by atoms with Gasteiger partial charge in [0.15, 0.2) is 5.25 Å². The van der Waals surface area contributed by atoms with E-state index in [9.17, 15) is 32.5 Å². The molecule has 1 saturated heterocycles. The Morgan fingerprint density at radius 3 is 1.68 bits per heavy atom. The molecule has 0 aromatic heterocycles. The number of esters is 3. The number of hydrogen-bond donors (Lipinski definition) is 2. The lowest BCUT2D eigenvalue weighted by Crippen LogP contribution is -2.42. The molecule has 0 bridgehead atoms. The van der Waals surface area contributed by atoms with Gasteiger partial charge in [-0.15, -0.1) is 0 Å². The maximum atomic E-state index is 12.2. The summed E-state index contributed by atoms with van der Waals surface area (Å²) in [5.74, 6) is -2.88. The highest BCUT2D eigenvalue weighted by Gasteiger charge is 2.42. The quantitative estimate of drug-likeness (QED) is 0.0642. The van der Waals surface area contributed by atoms with Gasteiger partial charge < -0.3 is 19.3 Å². The van der Waals surface area contributed by atoms with Gasteiger partial charge in [0.2, 0.25) is 0 Å². The molecule has 1 fully saturated rings. The summed E-state index contributed by atoms with van der Waals surface area (Å²) in [7, 11) is -4.89. The van der Waals surface area contributed by atoms with Gasteiger partial charge in [0.05, 0.1) is 18.4 Å². The van der Waals surface area contributed by atoms with Crippen LogP contribution in [-0.2, 0) is 38.7 Å². The first-order valence-corrected chi connectivity index (χ1v) is 17.2. The van der Waals surface area contributed by atoms with Crippen molar-refractivity contribution < 1.29 is 46.7 Å². The first-order chi connectivity index (χ1) is 19.6. The molecular formula is C30H54O10S. The lowest BCUT2D eigenvalue weighted by molar-refractivity contribution is -0.161. The maximum Gasteiger partial charge on any atom is 0.327 e. The van der Waals surface area contributed by atoms with E-state index in [0.29, 0.717) is 6.42 Å². The highest BCUT2D eigenvalue weighted by molar-refractivity contribution is 7.87. The highest BCUT2D eigenvalue weighted by Crippen LogP contribution is 2.23. The topological polar surface area (TPSA) is 154 Å². The van der Waals surface area contributed by atoms with Crippen LogP contribution in [0.15, 0.2) is 0 Å². The van der Waals surface area contributed by atoms with Crippen molar-refractivity contribution in [1.29, 1.82) is 0 Å². The van der Waals surface area contributed by atoms with Gasteiger partial charge in [-0.2, -0.15) is 8.42 Å². The van der Waals surface area contributed by atoms with Crippen LogP contribution < -0.4 is 0 Å². The number of cyclic esters (lactones) is 2. The van der Waals surface area contributed by atoms with Crippen LogP contribution >= 0.6 is 0 Å². The van der Waals surface area contributed by atoms with Gasteiger partial charge in [-0.25, -0.2) is 0 Å². The Hall–Kier alpha value is -1.72. The number of unbranched alkanes of at least 4 members (excludes halogenated alkanes) is 17. The second-order valence-electron chi connectivity index (χ2n) is 11.6. The number of carbonyl (C=O) groups excluding carboxylic acids is 3. The molecular weight excluding hydrogens is 552 g/mol. The van der Waals surface area contributed by atoms with Crippen molar-refractivity contribution in [2.45, 2.75) is 141 Å². The van der Waals surface area contributed by atoms with Crippen molar-refractivity contribution in [3.8, 4) is 0 Å². The van der Waals surface area contributed by atoms with Gasteiger partial charge >= 0.3 is 17.9 Å². The largest absolute Gasteiger partial charge is 0.465 e. The zero-order chi connectivity index (χ0) is 30.4. The molecule has 1 heterocycles. The van der Waals surface area contributed by atoms with Crippen molar-refractivity contribution in [3.05, 3.63) is 0 Å². The lowest BCUT2D eigenvalue weighted by Gasteiger charge is -2.29. The Bertz CT molecular complexity index is 844. The average molecular weight is 607 g/mol.